The maximum Gasteiger partial charge on any atom is 0.413 e. The van der Waals surface area contributed by atoms with Gasteiger partial charge in [-0.15, -0.1) is 0 Å². The minimum Gasteiger partial charge on any atom is -0.444 e. The van der Waals surface area contributed by atoms with Gasteiger partial charge in [-0.3, -0.25) is 5.32 Å². The van der Waals surface area contributed by atoms with Gasteiger partial charge < -0.3 is 10.1 Å². The van der Waals surface area contributed by atoms with Gasteiger partial charge in [-0.25, -0.2) is 9.78 Å². The van der Waals surface area contributed by atoms with Crippen molar-refractivity contribution in [3.05, 3.63) is 47.7 Å². The number of nitrogens with zero attached hydrogens (tertiary/aromatic N) is 1. The van der Waals surface area contributed by atoms with Gasteiger partial charge in [-0.1, -0.05) is 17.7 Å². The van der Waals surface area contributed by atoms with Gasteiger partial charge in [0.25, 0.3) is 0 Å². The molecule has 1 amide bonds. The van der Waals surface area contributed by atoms with Crippen LogP contribution in [0.4, 0.5) is 22.0 Å². The zero-order valence-electron chi connectivity index (χ0n) is 14.2. The molecule has 0 aliphatic carbocycles. The van der Waals surface area contributed by atoms with Crippen LogP contribution in [0.1, 0.15) is 31.9 Å². The summed E-state index contributed by atoms with van der Waals surface area (Å²) in [5.74, 6) is 0.449. The Hall–Kier alpha value is -2.56. The molecular weight excluding hydrogens is 290 g/mol. The summed E-state index contributed by atoms with van der Waals surface area (Å²) in [6.07, 6.45) is 1.16. The number of nitrogens with one attached hydrogen (secondary N) is 2. The van der Waals surface area contributed by atoms with E-state index in [0.29, 0.717) is 5.82 Å². The molecule has 122 valence electrons. The number of carbonyl (C=O) groups is 1. The summed E-state index contributed by atoms with van der Waals surface area (Å²) in [6.45, 7) is 9.57. The third kappa shape index (κ3) is 5.29. The number of aryl methyl sites for hydroxylation is 2. The summed E-state index contributed by atoms with van der Waals surface area (Å²) >= 11 is 0. The predicted octanol–water partition coefficient (Wildman–Crippen LogP) is 4.79. The zero-order valence-corrected chi connectivity index (χ0v) is 14.2. The standard InChI is InChI=1S/C18H23N3O2/c1-12-6-8-15(13(2)10-12)20-14-7-9-16(19-11-14)21-17(22)23-18(3,4)5/h6-11,20H,1-5H3,(H,19,21,22). The molecular formula is C18H23N3O2. The van der Waals surface area contributed by atoms with E-state index in [1.165, 1.54) is 11.1 Å². The van der Waals surface area contributed by atoms with E-state index in [1.54, 1.807) is 12.3 Å². The molecule has 0 saturated carbocycles. The Labute approximate surface area is 137 Å². The third-order valence-corrected chi connectivity index (χ3v) is 3.05. The van der Waals surface area contributed by atoms with Crippen molar-refractivity contribution < 1.29 is 9.53 Å². The molecule has 0 fully saturated rings. The Kier molecular flexibility index (Phi) is 4.89. The third-order valence-electron chi connectivity index (χ3n) is 3.05. The number of rotatable bonds is 3. The van der Waals surface area contributed by atoms with E-state index < -0.39 is 11.7 Å². The van der Waals surface area contributed by atoms with Crippen LogP contribution in [0.3, 0.4) is 0 Å². The van der Waals surface area contributed by atoms with Gasteiger partial charge in [-0.2, -0.15) is 0 Å². The maximum atomic E-state index is 11.7. The molecule has 0 saturated heterocycles. The van der Waals surface area contributed by atoms with Crippen molar-refractivity contribution >= 4 is 23.3 Å². The van der Waals surface area contributed by atoms with Crippen LogP contribution in [0.5, 0.6) is 0 Å². The molecule has 2 N–H and O–H groups in total. The summed E-state index contributed by atoms with van der Waals surface area (Å²) in [5, 5.41) is 5.92. The van der Waals surface area contributed by atoms with Crippen molar-refractivity contribution in [3.8, 4) is 0 Å². The average molecular weight is 313 g/mol. The number of hydrogen-bond donors (Lipinski definition) is 2. The van der Waals surface area contributed by atoms with E-state index >= 15 is 0 Å². The highest BCUT2D eigenvalue weighted by atomic mass is 16.6. The summed E-state index contributed by atoms with van der Waals surface area (Å²) in [6, 6.07) is 9.81. The first-order valence-electron chi connectivity index (χ1n) is 7.53. The highest BCUT2D eigenvalue weighted by Crippen LogP contribution is 2.21. The second-order valence-electron chi connectivity index (χ2n) is 6.50. The lowest BCUT2D eigenvalue weighted by molar-refractivity contribution is 0.0635. The lowest BCUT2D eigenvalue weighted by Gasteiger charge is -2.19. The van der Waals surface area contributed by atoms with Crippen LogP contribution >= 0.6 is 0 Å². The molecule has 0 atom stereocenters. The molecule has 2 aromatic rings. The number of benzene rings is 1. The number of pyridine rings is 1. The fourth-order valence-corrected chi connectivity index (χ4v) is 2.06. The minimum atomic E-state index is -0.533. The number of carbonyl (C=O) groups excluding carboxylic acids is 1. The Balaban J connectivity index is 2.01. The van der Waals surface area contributed by atoms with Gasteiger partial charge in [-0.05, 0) is 58.4 Å². The summed E-state index contributed by atoms with van der Waals surface area (Å²) in [5.41, 5.74) is 3.75. The van der Waals surface area contributed by atoms with Crippen molar-refractivity contribution in [2.75, 3.05) is 10.6 Å². The highest BCUT2D eigenvalue weighted by molar-refractivity contribution is 5.83. The minimum absolute atomic E-state index is 0.449. The van der Waals surface area contributed by atoms with Crippen LogP contribution in [0.15, 0.2) is 36.5 Å². The van der Waals surface area contributed by atoms with E-state index in [2.05, 4.69) is 41.6 Å². The molecule has 0 spiro atoms. The quantitative estimate of drug-likeness (QED) is 0.855. The first-order chi connectivity index (χ1) is 10.7. The molecule has 1 aromatic carbocycles. The molecule has 1 heterocycles. The summed E-state index contributed by atoms with van der Waals surface area (Å²) in [4.78, 5) is 15.9. The van der Waals surface area contributed by atoms with Crippen molar-refractivity contribution in [3.63, 3.8) is 0 Å². The van der Waals surface area contributed by atoms with E-state index in [9.17, 15) is 4.79 Å². The van der Waals surface area contributed by atoms with Crippen LogP contribution in [-0.2, 0) is 4.74 Å². The smallest absolute Gasteiger partial charge is 0.413 e. The molecule has 5 nitrogen and oxygen atoms in total. The van der Waals surface area contributed by atoms with Gasteiger partial charge >= 0.3 is 6.09 Å². The second-order valence-corrected chi connectivity index (χ2v) is 6.50. The predicted molar refractivity (Wildman–Crippen MR) is 93.3 cm³/mol. The van der Waals surface area contributed by atoms with Crippen LogP contribution in [0, 0.1) is 13.8 Å². The molecule has 0 radical (unpaired) electrons. The SMILES string of the molecule is Cc1ccc(Nc2ccc(NC(=O)OC(C)(C)C)nc2)c(C)c1. The summed E-state index contributed by atoms with van der Waals surface area (Å²) in [7, 11) is 0. The lowest BCUT2D eigenvalue weighted by Crippen LogP contribution is -2.27. The van der Waals surface area contributed by atoms with E-state index in [1.807, 2.05) is 32.9 Å². The van der Waals surface area contributed by atoms with Crippen LogP contribution in [0.2, 0.25) is 0 Å². The topological polar surface area (TPSA) is 63.2 Å². The molecule has 23 heavy (non-hydrogen) atoms. The van der Waals surface area contributed by atoms with E-state index in [4.69, 9.17) is 4.74 Å². The monoisotopic (exact) mass is 313 g/mol. The van der Waals surface area contributed by atoms with Gasteiger partial charge in [0.05, 0.1) is 11.9 Å². The molecule has 2 rings (SSSR count). The molecule has 1 aromatic heterocycles. The lowest BCUT2D eigenvalue weighted by atomic mass is 10.1. The number of amides is 1. The summed E-state index contributed by atoms with van der Waals surface area (Å²) < 4.78 is 5.19. The fraction of sp³-hybridized carbons (Fsp3) is 0.333. The number of anilines is 3. The van der Waals surface area contributed by atoms with E-state index in [-0.39, 0.29) is 0 Å². The van der Waals surface area contributed by atoms with Crippen LogP contribution < -0.4 is 10.6 Å². The Morgan fingerprint density at radius 2 is 1.87 bits per heavy atom. The second kappa shape index (κ2) is 6.69. The van der Waals surface area contributed by atoms with Crippen molar-refractivity contribution in [1.29, 1.82) is 0 Å². The van der Waals surface area contributed by atoms with Gasteiger partial charge in [0.1, 0.15) is 11.4 Å². The fourth-order valence-electron chi connectivity index (χ4n) is 2.06. The van der Waals surface area contributed by atoms with Crippen LogP contribution in [-0.4, -0.2) is 16.7 Å². The average Bonchev–Trinajstić information content (AvgIpc) is 2.42. The number of hydrogen-bond acceptors (Lipinski definition) is 4. The highest BCUT2D eigenvalue weighted by Gasteiger charge is 2.16. The Morgan fingerprint density at radius 3 is 2.43 bits per heavy atom. The maximum absolute atomic E-state index is 11.7. The molecule has 0 bridgehead atoms. The van der Waals surface area contributed by atoms with E-state index in [0.717, 1.165) is 11.4 Å². The first-order valence-corrected chi connectivity index (χ1v) is 7.53. The van der Waals surface area contributed by atoms with Crippen molar-refractivity contribution in [2.45, 2.75) is 40.2 Å². The van der Waals surface area contributed by atoms with Gasteiger partial charge in [0.15, 0.2) is 0 Å². The van der Waals surface area contributed by atoms with Gasteiger partial charge in [0, 0.05) is 5.69 Å². The Morgan fingerprint density at radius 1 is 1.13 bits per heavy atom. The normalized spacial score (nSPS) is 11.0. The van der Waals surface area contributed by atoms with Crippen molar-refractivity contribution in [1.82, 2.24) is 4.98 Å². The molecule has 0 unspecified atom stereocenters. The van der Waals surface area contributed by atoms with Gasteiger partial charge in [0.2, 0.25) is 0 Å². The molecule has 0 aliphatic rings. The number of ether oxygens (including phenoxy) is 1. The number of aromatic nitrogens is 1. The first kappa shape index (κ1) is 16.8. The molecule has 5 heteroatoms. The zero-order chi connectivity index (χ0) is 17.0. The van der Waals surface area contributed by atoms with Crippen LogP contribution in [0.25, 0.3) is 0 Å². The largest absolute Gasteiger partial charge is 0.444 e. The molecule has 0 aliphatic heterocycles. The Bertz CT molecular complexity index is 688. The van der Waals surface area contributed by atoms with Crippen molar-refractivity contribution in [2.24, 2.45) is 0 Å².